The summed E-state index contributed by atoms with van der Waals surface area (Å²) < 4.78 is 31.8. The van der Waals surface area contributed by atoms with Gasteiger partial charge in [0.25, 0.3) is 0 Å². The van der Waals surface area contributed by atoms with Gasteiger partial charge in [0, 0.05) is 12.6 Å². The van der Waals surface area contributed by atoms with Gasteiger partial charge in [-0.2, -0.15) is 0 Å². The van der Waals surface area contributed by atoms with E-state index < -0.39 is 16.0 Å². The van der Waals surface area contributed by atoms with E-state index in [2.05, 4.69) is 25.4 Å². The Bertz CT molecular complexity index is 610. The Morgan fingerprint density at radius 2 is 2.30 bits per heavy atom. The number of ether oxygens (including phenoxy) is 1. The molecule has 1 aliphatic carbocycles. The predicted molar refractivity (Wildman–Crippen MR) is 79.2 cm³/mol. The van der Waals surface area contributed by atoms with Gasteiger partial charge in [0.15, 0.2) is 0 Å². The molecule has 0 amide bonds. The molecule has 3 N–H and O–H groups in total. The third-order valence-electron chi connectivity index (χ3n) is 3.07. The molecule has 0 aromatic carbocycles. The molecule has 1 heterocycles. The van der Waals surface area contributed by atoms with E-state index >= 15 is 0 Å². The summed E-state index contributed by atoms with van der Waals surface area (Å²) in [6, 6.07) is 1.13. The van der Waals surface area contributed by atoms with Crippen LogP contribution in [0.4, 0.5) is 0 Å². The average Bonchev–Trinajstić information content (AvgIpc) is 3.17. The van der Waals surface area contributed by atoms with Gasteiger partial charge in [0.05, 0.1) is 10.9 Å². The molecule has 1 aromatic rings. The molecule has 0 spiro atoms. The number of nitrogens with two attached hydrogens (primary N) is 1. The number of rotatable bonds is 6. The molecule has 1 aliphatic rings. The highest BCUT2D eigenvalue weighted by atomic mass is 79.9. The molecule has 9 heteroatoms. The first kappa shape index (κ1) is 15.9. The quantitative estimate of drug-likeness (QED) is 0.722. The summed E-state index contributed by atoms with van der Waals surface area (Å²) >= 11 is 4.18. The topological polar surface area (TPSA) is 98.5 Å². The van der Waals surface area contributed by atoms with Gasteiger partial charge in [0.2, 0.25) is 10.0 Å². The van der Waals surface area contributed by atoms with Gasteiger partial charge in [-0.05, 0) is 40.8 Å². The van der Waals surface area contributed by atoms with Crippen LogP contribution >= 0.6 is 27.3 Å². The lowest BCUT2D eigenvalue weighted by molar-refractivity contribution is 0.0606. The van der Waals surface area contributed by atoms with Crippen LogP contribution in [0.25, 0.3) is 0 Å². The second kappa shape index (κ2) is 6.10. The number of halogens is 1. The number of methoxy groups -OCH3 is 1. The largest absolute Gasteiger partial charge is 0.465 e. The van der Waals surface area contributed by atoms with Crippen LogP contribution in [0.2, 0.25) is 0 Å². The van der Waals surface area contributed by atoms with Crippen LogP contribution in [0.5, 0.6) is 0 Å². The van der Waals surface area contributed by atoms with Crippen molar-refractivity contribution in [2.24, 2.45) is 11.7 Å². The van der Waals surface area contributed by atoms with Crippen LogP contribution in [-0.4, -0.2) is 34.1 Å². The van der Waals surface area contributed by atoms with Crippen molar-refractivity contribution in [3.05, 3.63) is 14.7 Å². The van der Waals surface area contributed by atoms with E-state index in [0.29, 0.717) is 9.70 Å². The summed E-state index contributed by atoms with van der Waals surface area (Å²) in [7, 11) is -2.44. The molecule has 2 rings (SSSR count). The summed E-state index contributed by atoms with van der Waals surface area (Å²) in [4.78, 5) is 11.7. The number of carbonyl (C=O) groups is 1. The summed E-state index contributed by atoms with van der Waals surface area (Å²) in [5, 5.41) is 0. The normalized spacial score (nSPS) is 16.9. The standard InChI is InChI=1S/C11H15BrN2O4S2/c1-18-11(15)8-4-9(10(12)19-8)20(16,17)14-5-7(13)6-2-3-6/h4,6-7,14H,2-3,5,13H2,1H3. The average molecular weight is 383 g/mol. The zero-order valence-electron chi connectivity index (χ0n) is 10.8. The van der Waals surface area contributed by atoms with Gasteiger partial charge < -0.3 is 10.5 Å². The number of nitrogens with one attached hydrogen (secondary N) is 1. The summed E-state index contributed by atoms with van der Waals surface area (Å²) in [6.07, 6.45) is 2.11. The van der Waals surface area contributed by atoms with Gasteiger partial charge in [-0.3, -0.25) is 0 Å². The number of thiophene rings is 1. The molecule has 1 aromatic heterocycles. The maximum atomic E-state index is 12.2. The molecular weight excluding hydrogens is 368 g/mol. The van der Waals surface area contributed by atoms with Crippen LogP contribution in [-0.2, 0) is 14.8 Å². The second-order valence-electron chi connectivity index (χ2n) is 4.59. The highest BCUT2D eigenvalue weighted by molar-refractivity contribution is 9.11. The van der Waals surface area contributed by atoms with E-state index in [9.17, 15) is 13.2 Å². The first-order valence-electron chi connectivity index (χ1n) is 5.98. The van der Waals surface area contributed by atoms with Gasteiger partial charge in [-0.1, -0.05) is 0 Å². The van der Waals surface area contributed by atoms with Gasteiger partial charge in [-0.15, -0.1) is 11.3 Å². The minimum atomic E-state index is -3.69. The van der Waals surface area contributed by atoms with Crippen molar-refractivity contribution in [3.8, 4) is 0 Å². The summed E-state index contributed by atoms with van der Waals surface area (Å²) in [6.45, 7) is 0.197. The minimum absolute atomic E-state index is 0.0332. The molecule has 1 saturated carbocycles. The van der Waals surface area contributed by atoms with Crippen molar-refractivity contribution in [1.29, 1.82) is 0 Å². The zero-order valence-corrected chi connectivity index (χ0v) is 14.0. The fraction of sp³-hybridized carbons (Fsp3) is 0.545. The Kier molecular flexibility index (Phi) is 4.85. The van der Waals surface area contributed by atoms with E-state index in [-0.39, 0.29) is 22.4 Å². The lowest BCUT2D eigenvalue weighted by atomic mass is 10.2. The fourth-order valence-electron chi connectivity index (χ4n) is 1.71. The fourth-order valence-corrected chi connectivity index (χ4v) is 5.26. The highest BCUT2D eigenvalue weighted by Gasteiger charge is 2.30. The molecule has 0 aliphatic heterocycles. The maximum Gasteiger partial charge on any atom is 0.348 e. The van der Waals surface area contributed by atoms with Crippen LogP contribution in [0.3, 0.4) is 0 Å². The van der Waals surface area contributed by atoms with Gasteiger partial charge >= 0.3 is 5.97 Å². The number of hydrogen-bond donors (Lipinski definition) is 2. The van der Waals surface area contributed by atoms with Crippen LogP contribution in [0, 0.1) is 5.92 Å². The predicted octanol–water partition coefficient (Wildman–Crippen LogP) is 1.31. The van der Waals surface area contributed by atoms with Gasteiger partial charge in [-0.25, -0.2) is 17.9 Å². The minimum Gasteiger partial charge on any atom is -0.465 e. The molecule has 0 radical (unpaired) electrons. The highest BCUT2D eigenvalue weighted by Crippen LogP contribution is 2.33. The van der Waals surface area contributed by atoms with E-state index in [0.717, 1.165) is 24.2 Å². The number of sulfonamides is 1. The Balaban J connectivity index is 2.12. The Labute approximate surface area is 129 Å². The summed E-state index contributed by atoms with van der Waals surface area (Å²) in [5.41, 5.74) is 5.87. The zero-order chi connectivity index (χ0) is 14.9. The molecular formula is C11H15BrN2O4S2. The van der Waals surface area contributed by atoms with Crippen molar-refractivity contribution >= 4 is 43.3 Å². The smallest absolute Gasteiger partial charge is 0.348 e. The van der Waals surface area contributed by atoms with E-state index in [1.165, 1.54) is 13.2 Å². The lowest BCUT2D eigenvalue weighted by Gasteiger charge is -2.11. The van der Waals surface area contributed by atoms with Crippen LogP contribution in [0.15, 0.2) is 14.7 Å². The molecule has 20 heavy (non-hydrogen) atoms. The number of esters is 1. The number of carbonyl (C=O) groups excluding carboxylic acids is 1. The molecule has 6 nitrogen and oxygen atoms in total. The van der Waals surface area contributed by atoms with Crippen molar-refractivity contribution < 1.29 is 17.9 Å². The third-order valence-corrected chi connectivity index (χ3v) is 6.72. The SMILES string of the molecule is COC(=O)c1cc(S(=O)(=O)NCC(N)C2CC2)c(Br)s1. The van der Waals surface area contributed by atoms with Crippen molar-refractivity contribution in [2.75, 3.05) is 13.7 Å². The molecule has 1 unspecified atom stereocenters. The first-order valence-corrected chi connectivity index (χ1v) is 9.07. The van der Waals surface area contributed by atoms with E-state index in [1.54, 1.807) is 0 Å². The summed E-state index contributed by atoms with van der Waals surface area (Å²) in [5.74, 6) is -0.152. The van der Waals surface area contributed by atoms with Crippen molar-refractivity contribution in [1.82, 2.24) is 4.72 Å². The Hall–Kier alpha value is -0.480. The Morgan fingerprint density at radius 1 is 1.65 bits per heavy atom. The molecule has 1 fully saturated rings. The molecule has 1 atom stereocenters. The van der Waals surface area contributed by atoms with Crippen LogP contribution in [0.1, 0.15) is 22.5 Å². The van der Waals surface area contributed by atoms with Crippen molar-refractivity contribution in [3.63, 3.8) is 0 Å². The maximum absolute atomic E-state index is 12.2. The van der Waals surface area contributed by atoms with E-state index in [4.69, 9.17) is 5.73 Å². The molecule has 0 bridgehead atoms. The first-order chi connectivity index (χ1) is 9.35. The van der Waals surface area contributed by atoms with E-state index in [1.807, 2.05) is 0 Å². The number of hydrogen-bond acceptors (Lipinski definition) is 6. The second-order valence-corrected chi connectivity index (χ2v) is 8.70. The molecule has 0 saturated heterocycles. The van der Waals surface area contributed by atoms with Crippen LogP contribution < -0.4 is 10.5 Å². The monoisotopic (exact) mass is 382 g/mol. The Morgan fingerprint density at radius 3 is 2.85 bits per heavy atom. The lowest BCUT2D eigenvalue weighted by Crippen LogP contribution is -2.38. The molecule has 112 valence electrons. The third kappa shape index (κ3) is 3.59. The van der Waals surface area contributed by atoms with Gasteiger partial charge in [0.1, 0.15) is 9.77 Å². The van der Waals surface area contributed by atoms with Crippen molar-refractivity contribution in [2.45, 2.75) is 23.8 Å².